The number of rotatable bonds is 3. The Kier molecular flexibility index (Phi) is 6.13. The third-order valence-electron chi connectivity index (χ3n) is 4.29. The fourth-order valence-corrected chi connectivity index (χ4v) is 4.25. The number of fused-ring (bicyclic) bond motifs is 1. The predicted molar refractivity (Wildman–Crippen MR) is 108 cm³/mol. The number of amides is 1. The molecule has 1 atom stereocenters. The van der Waals surface area contributed by atoms with Crippen LogP contribution in [0.3, 0.4) is 0 Å². The van der Waals surface area contributed by atoms with Crippen LogP contribution in [0.2, 0.25) is 10.0 Å². The number of ether oxygens (including phenoxy) is 1. The standard InChI is InChI=1S/C18H15Cl2F3N2O4S/c1-30(27,28)25-7-6-16(29-15-5-2-10(19)8-14(15)25)17(26)24-11-3-4-13(20)12(9-11)18(21,22)23/h2-5,8-9,16H,6-7H2,1H3,(H,24,26). The first-order chi connectivity index (χ1) is 13.9. The van der Waals surface area contributed by atoms with Gasteiger partial charge in [0.2, 0.25) is 10.0 Å². The zero-order valence-corrected chi connectivity index (χ0v) is 17.7. The minimum atomic E-state index is -4.69. The zero-order chi connectivity index (χ0) is 22.3. The van der Waals surface area contributed by atoms with E-state index in [1.54, 1.807) is 0 Å². The van der Waals surface area contributed by atoms with Gasteiger partial charge < -0.3 is 10.1 Å². The maximum Gasteiger partial charge on any atom is 0.417 e. The van der Waals surface area contributed by atoms with Gasteiger partial charge in [0, 0.05) is 23.7 Å². The predicted octanol–water partition coefficient (Wildman–Crippen LogP) is 4.57. The number of carbonyl (C=O) groups is 1. The number of nitrogens with one attached hydrogen (secondary N) is 1. The molecule has 12 heteroatoms. The van der Waals surface area contributed by atoms with E-state index in [1.807, 2.05) is 0 Å². The van der Waals surface area contributed by atoms with E-state index >= 15 is 0 Å². The molecule has 0 saturated heterocycles. The number of hydrogen-bond acceptors (Lipinski definition) is 4. The van der Waals surface area contributed by atoms with Crippen LogP contribution in [0.25, 0.3) is 0 Å². The lowest BCUT2D eigenvalue weighted by Gasteiger charge is -2.21. The van der Waals surface area contributed by atoms with Crippen LogP contribution in [0, 0.1) is 0 Å². The summed E-state index contributed by atoms with van der Waals surface area (Å²) in [6.07, 6.45) is -4.87. The molecule has 0 fully saturated rings. The molecule has 2 aromatic carbocycles. The first kappa shape index (κ1) is 22.5. The minimum absolute atomic E-state index is 0.0368. The Morgan fingerprint density at radius 1 is 1.20 bits per heavy atom. The Morgan fingerprint density at radius 2 is 1.90 bits per heavy atom. The SMILES string of the molecule is CS(=O)(=O)N1CCC(C(=O)Nc2ccc(Cl)c(C(F)(F)F)c2)Oc2ccc(Cl)cc21. The van der Waals surface area contributed by atoms with Gasteiger partial charge in [-0.3, -0.25) is 9.10 Å². The van der Waals surface area contributed by atoms with Crippen molar-refractivity contribution < 1.29 is 31.1 Å². The second-order valence-electron chi connectivity index (χ2n) is 6.52. The summed E-state index contributed by atoms with van der Waals surface area (Å²) in [5.41, 5.74) is -1.04. The fourth-order valence-electron chi connectivity index (χ4n) is 2.92. The van der Waals surface area contributed by atoms with Crippen molar-refractivity contribution in [2.75, 3.05) is 22.4 Å². The first-order valence-corrected chi connectivity index (χ1v) is 11.1. The topological polar surface area (TPSA) is 75.7 Å². The third-order valence-corrected chi connectivity index (χ3v) is 6.03. The number of benzene rings is 2. The summed E-state index contributed by atoms with van der Waals surface area (Å²) in [5.74, 6) is -0.628. The largest absolute Gasteiger partial charge is 0.478 e. The first-order valence-electron chi connectivity index (χ1n) is 8.48. The zero-order valence-electron chi connectivity index (χ0n) is 15.3. The van der Waals surface area contributed by atoms with E-state index in [2.05, 4.69) is 5.32 Å². The van der Waals surface area contributed by atoms with Crippen LogP contribution >= 0.6 is 23.2 Å². The van der Waals surface area contributed by atoms with E-state index < -0.39 is 38.8 Å². The smallest absolute Gasteiger partial charge is 0.417 e. The number of alkyl halides is 3. The van der Waals surface area contributed by atoms with Crippen LogP contribution in [-0.2, 0) is 21.0 Å². The van der Waals surface area contributed by atoms with E-state index in [9.17, 15) is 26.4 Å². The van der Waals surface area contributed by atoms with E-state index in [4.69, 9.17) is 27.9 Å². The highest BCUT2D eigenvalue weighted by Crippen LogP contribution is 2.38. The maximum atomic E-state index is 13.0. The molecule has 0 spiro atoms. The molecule has 1 aliphatic heterocycles. The van der Waals surface area contributed by atoms with Crippen LogP contribution in [0.5, 0.6) is 5.75 Å². The molecule has 30 heavy (non-hydrogen) atoms. The lowest BCUT2D eigenvalue weighted by atomic mass is 10.1. The molecule has 6 nitrogen and oxygen atoms in total. The average Bonchev–Trinajstić information content (AvgIpc) is 2.81. The van der Waals surface area contributed by atoms with Gasteiger partial charge in [0.15, 0.2) is 6.10 Å². The number of halogens is 5. The van der Waals surface area contributed by atoms with Gasteiger partial charge in [-0.05, 0) is 36.4 Å². The molecule has 3 rings (SSSR count). The molecule has 0 aromatic heterocycles. The van der Waals surface area contributed by atoms with Crippen molar-refractivity contribution in [1.82, 2.24) is 0 Å². The molecule has 0 aliphatic carbocycles. The summed E-state index contributed by atoms with van der Waals surface area (Å²) in [6, 6.07) is 7.25. The summed E-state index contributed by atoms with van der Waals surface area (Å²) >= 11 is 11.5. The molecule has 1 amide bonds. The van der Waals surface area contributed by atoms with Gasteiger partial charge in [0.1, 0.15) is 5.75 Å². The van der Waals surface area contributed by atoms with Crippen molar-refractivity contribution in [2.45, 2.75) is 18.7 Å². The van der Waals surface area contributed by atoms with Crippen LogP contribution in [-0.4, -0.2) is 33.2 Å². The summed E-state index contributed by atoms with van der Waals surface area (Å²) in [7, 11) is -3.69. The van der Waals surface area contributed by atoms with E-state index in [0.29, 0.717) is 6.07 Å². The highest BCUT2D eigenvalue weighted by atomic mass is 35.5. The third kappa shape index (κ3) is 4.93. The molecular weight excluding hydrogens is 468 g/mol. The normalized spacial score (nSPS) is 17.0. The Labute approximate surface area is 180 Å². The van der Waals surface area contributed by atoms with Gasteiger partial charge in [0.05, 0.1) is 22.5 Å². The number of carbonyl (C=O) groups excluding carboxylic acids is 1. The van der Waals surface area contributed by atoms with E-state index in [-0.39, 0.29) is 35.1 Å². The van der Waals surface area contributed by atoms with Gasteiger partial charge >= 0.3 is 6.18 Å². The van der Waals surface area contributed by atoms with Gasteiger partial charge in [-0.1, -0.05) is 23.2 Å². The molecule has 0 bridgehead atoms. The molecule has 1 heterocycles. The van der Waals surface area contributed by atoms with Crippen LogP contribution in [0.1, 0.15) is 12.0 Å². The molecule has 2 aromatic rings. The summed E-state index contributed by atoms with van der Waals surface area (Å²) < 4.78 is 70.1. The lowest BCUT2D eigenvalue weighted by Crippen LogP contribution is -2.36. The van der Waals surface area contributed by atoms with Crippen molar-refractivity contribution >= 4 is 50.5 Å². The minimum Gasteiger partial charge on any atom is -0.478 e. The van der Waals surface area contributed by atoms with Gasteiger partial charge in [-0.25, -0.2) is 8.42 Å². The molecule has 0 radical (unpaired) electrons. The van der Waals surface area contributed by atoms with E-state index in [0.717, 1.165) is 16.6 Å². The second kappa shape index (κ2) is 8.16. The number of nitrogens with zero attached hydrogens (tertiary/aromatic N) is 1. The molecular formula is C18H15Cl2F3N2O4S. The van der Waals surface area contributed by atoms with Crippen LogP contribution in [0.15, 0.2) is 36.4 Å². The Bertz CT molecular complexity index is 1090. The van der Waals surface area contributed by atoms with E-state index in [1.165, 1.54) is 24.3 Å². The van der Waals surface area contributed by atoms with Crippen LogP contribution in [0.4, 0.5) is 24.5 Å². The Balaban J connectivity index is 1.87. The summed E-state index contributed by atoms with van der Waals surface area (Å²) in [6.45, 7) is -0.0846. The second-order valence-corrected chi connectivity index (χ2v) is 9.27. The molecule has 1 N–H and O–H groups in total. The molecule has 0 saturated carbocycles. The Morgan fingerprint density at radius 3 is 2.53 bits per heavy atom. The van der Waals surface area contributed by atoms with Gasteiger partial charge in [0.25, 0.3) is 5.91 Å². The van der Waals surface area contributed by atoms with Gasteiger partial charge in [-0.2, -0.15) is 13.2 Å². The van der Waals surface area contributed by atoms with Gasteiger partial charge in [-0.15, -0.1) is 0 Å². The fraction of sp³-hybridized carbons (Fsp3) is 0.278. The van der Waals surface area contributed by atoms with Crippen molar-refractivity contribution in [1.29, 1.82) is 0 Å². The number of sulfonamides is 1. The Hall–Kier alpha value is -2.17. The van der Waals surface area contributed by atoms with Crippen molar-refractivity contribution in [2.24, 2.45) is 0 Å². The molecule has 1 aliphatic rings. The number of anilines is 2. The lowest BCUT2D eigenvalue weighted by molar-refractivity contribution is -0.137. The maximum absolute atomic E-state index is 13.0. The number of hydrogen-bond donors (Lipinski definition) is 1. The molecule has 162 valence electrons. The highest BCUT2D eigenvalue weighted by molar-refractivity contribution is 7.92. The van der Waals surface area contributed by atoms with Crippen molar-refractivity contribution in [3.8, 4) is 5.75 Å². The van der Waals surface area contributed by atoms with Crippen molar-refractivity contribution in [3.63, 3.8) is 0 Å². The summed E-state index contributed by atoms with van der Waals surface area (Å²) in [5, 5.41) is 2.13. The monoisotopic (exact) mass is 482 g/mol. The average molecular weight is 483 g/mol. The van der Waals surface area contributed by atoms with Crippen LogP contribution < -0.4 is 14.4 Å². The quantitative estimate of drug-likeness (QED) is 0.695. The van der Waals surface area contributed by atoms with Crippen molar-refractivity contribution in [3.05, 3.63) is 52.0 Å². The highest BCUT2D eigenvalue weighted by Gasteiger charge is 2.34. The molecule has 1 unspecified atom stereocenters. The summed E-state index contributed by atoms with van der Waals surface area (Å²) in [4.78, 5) is 12.7.